The molecule has 2 amide bonds. The Hall–Kier alpha value is -2.64. The van der Waals surface area contributed by atoms with Gasteiger partial charge in [0, 0.05) is 29.2 Å². The van der Waals surface area contributed by atoms with Gasteiger partial charge in [0.05, 0.1) is 5.75 Å². The first-order valence-electron chi connectivity index (χ1n) is 13.2. The molecule has 200 valence electrons. The highest BCUT2D eigenvalue weighted by molar-refractivity contribution is 9.10. The molecule has 1 saturated carbocycles. The molecule has 1 atom stereocenters. The molecule has 3 aromatic carbocycles. The topological polar surface area (TPSA) is 49.4 Å². The molecule has 7 heteroatoms. The highest BCUT2D eigenvalue weighted by Crippen LogP contribution is 2.22. The van der Waals surface area contributed by atoms with Crippen molar-refractivity contribution >= 4 is 39.5 Å². The zero-order chi connectivity index (χ0) is 26.7. The minimum atomic E-state index is -0.662. The Kier molecular flexibility index (Phi) is 10.8. The Morgan fingerprint density at radius 2 is 1.55 bits per heavy atom. The molecule has 0 radical (unpaired) electrons. The van der Waals surface area contributed by atoms with Gasteiger partial charge in [0.15, 0.2) is 0 Å². The summed E-state index contributed by atoms with van der Waals surface area (Å²) in [5.74, 6) is 0.401. The van der Waals surface area contributed by atoms with E-state index in [1.165, 1.54) is 30.3 Å². The minimum Gasteiger partial charge on any atom is -0.352 e. The van der Waals surface area contributed by atoms with Gasteiger partial charge in [-0.05, 0) is 53.8 Å². The first kappa shape index (κ1) is 28.4. The van der Waals surface area contributed by atoms with Gasteiger partial charge < -0.3 is 10.2 Å². The van der Waals surface area contributed by atoms with E-state index in [9.17, 15) is 14.0 Å². The van der Waals surface area contributed by atoms with Crippen LogP contribution in [0.15, 0.2) is 83.3 Å². The van der Waals surface area contributed by atoms with Crippen molar-refractivity contribution in [3.8, 4) is 0 Å². The number of halogens is 2. The van der Waals surface area contributed by atoms with Crippen LogP contribution >= 0.6 is 27.7 Å². The Balaban J connectivity index is 1.55. The molecule has 0 aliphatic heterocycles. The first-order valence-corrected chi connectivity index (χ1v) is 15.1. The van der Waals surface area contributed by atoms with Gasteiger partial charge in [0.1, 0.15) is 11.9 Å². The van der Waals surface area contributed by atoms with E-state index in [-0.39, 0.29) is 36.0 Å². The number of benzene rings is 3. The van der Waals surface area contributed by atoms with Crippen molar-refractivity contribution in [2.75, 3.05) is 5.75 Å². The Morgan fingerprint density at radius 1 is 0.895 bits per heavy atom. The second-order valence-corrected chi connectivity index (χ2v) is 11.7. The summed E-state index contributed by atoms with van der Waals surface area (Å²) in [6.45, 7) is 0.244. The van der Waals surface area contributed by atoms with Crippen molar-refractivity contribution in [1.29, 1.82) is 0 Å². The molecule has 0 saturated heterocycles. The number of nitrogens with one attached hydrogen (secondary N) is 1. The zero-order valence-electron chi connectivity index (χ0n) is 21.5. The van der Waals surface area contributed by atoms with Crippen molar-refractivity contribution in [2.45, 2.75) is 62.9 Å². The fourth-order valence-corrected chi connectivity index (χ4v) is 5.94. The lowest BCUT2D eigenvalue weighted by Crippen LogP contribution is -2.53. The molecule has 1 fully saturated rings. The van der Waals surface area contributed by atoms with Crippen molar-refractivity contribution in [3.05, 3.63) is 106 Å². The molecule has 0 heterocycles. The summed E-state index contributed by atoms with van der Waals surface area (Å²) in [7, 11) is 0. The zero-order valence-corrected chi connectivity index (χ0v) is 23.9. The number of hydrogen-bond donors (Lipinski definition) is 1. The fourth-order valence-electron chi connectivity index (χ4n) is 4.80. The standard InChI is InChI=1S/C31H34BrFN2O2S/c32-26-15-11-25(12-16-26)21-38-22-30(36)35(20-24-13-17-27(33)18-14-24)29(19-23-7-3-1-4-8-23)31(37)34-28-9-5-2-6-10-28/h1,3-4,7-8,11-18,28-29H,2,5-6,9-10,19-22H2,(H,34,37)/t29-/m1/s1. The van der Waals surface area contributed by atoms with Gasteiger partial charge in [0.2, 0.25) is 11.8 Å². The average molecular weight is 598 g/mol. The number of amides is 2. The molecule has 1 aliphatic rings. The molecular formula is C31H34BrFN2O2S. The highest BCUT2D eigenvalue weighted by Gasteiger charge is 2.31. The fraction of sp³-hybridized carbons (Fsp3) is 0.355. The molecule has 0 aromatic heterocycles. The maximum atomic E-state index is 13.8. The van der Waals surface area contributed by atoms with E-state index in [0.29, 0.717) is 12.2 Å². The van der Waals surface area contributed by atoms with Crippen LogP contribution in [0.5, 0.6) is 0 Å². The molecule has 1 N–H and O–H groups in total. The largest absolute Gasteiger partial charge is 0.352 e. The van der Waals surface area contributed by atoms with E-state index < -0.39 is 6.04 Å². The number of hydrogen-bond acceptors (Lipinski definition) is 3. The Bertz CT molecular complexity index is 1170. The highest BCUT2D eigenvalue weighted by atomic mass is 79.9. The minimum absolute atomic E-state index is 0.101. The van der Waals surface area contributed by atoms with Crippen LogP contribution in [0, 0.1) is 5.82 Å². The van der Waals surface area contributed by atoms with E-state index in [0.717, 1.165) is 46.8 Å². The lowest BCUT2D eigenvalue weighted by molar-refractivity contribution is -0.139. The van der Waals surface area contributed by atoms with Crippen LogP contribution in [-0.4, -0.2) is 34.6 Å². The van der Waals surface area contributed by atoms with E-state index in [1.807, 2.05) is 54.6 Å². The molecule has 1 aliphatic carbocycles. The summed E-state index contributed by atoms with van der Waals surface area (Å²) in [6.07, 6.45) is 5.78. The van der Waals surface area contributed by atoms with Crippen LogP contribution in [0.3, 0.4) is 0 Å². The second kappa shape index (κ2) is 14.5. The molecular weight excluding hydrogens is 563 g/mol. The summed E-state index contributed by atoms with van der Waals surface area (Å²) in [5, 5.41) is 3.25. The van der Waals surface area contributed by atoms with Crippen LogP contribution in [0.1, 0.15) is 48.8 Å². The first-order chi connectivity index (χ1) is 18.5. The third-order valence-corrected chi connectivity index (χ3v) is 8.41. The van der Waals surface area contributed by atoms with Crippen LogP contribution in [0.2, 0.25) is 0 Å². The SMILES string of the molecule is O=C(NC1CCCCC1)[C@@H](Cc1ccccc1)N(Cc1ccc(F)cc1)C(=O)CSCc1ccc(Br)cc1. The summed E-state index contributed by atoms with van der Waals surface area (Å²) in [4.78, 5) is 29.2. The van der Waals surface area contributed by atoms with Gasteiger partial charge in [-0.25, -0.2) is 4.39 Å². The van der Waals surface area contributed by atoms with Crippen LogP contribution in [0.25, 0.3) is 0 Å². The summed E-state index contributed by atoms with van der Waals surface area (Å²) in [5.41, 5.74) is 2.92. The summed E-state index contributed by atoms with van der Waals surface area (Å²) < 4.78 is 14.6. The van der Waals surface area contributed by atoms with Crippen LogP contribution in [-0.2, 0) is 28.3 Å². The third-order valence-electron chi connectivity index (χ3n) is 6.90. The lowest BCUT2D eigenvalue weighted by atomic mass is 9.94. The van der Waals surface area contributed by atoms with Gasteiger partial charge in [-0.2, -0.15) is 0 Å². The van der Waals surface area contributed by atoms with Gasteiger partial charge in [-0.15, -0.1) is 11.8 Å². The van der Waals surface area contributed by atoms with Crippen molar-refractivity contribution in [3.63, 3.8) is 0 Å². The molecule has 0 bridgehead atoms. The second-order valence-electron chi connectivity index (χ2n) is 9.82. The van der Waals surface area contributed by atoms with Gasteiger partial charge in [-0.3, -0.25) is 9.59 Å². The smallest absolute Gasteiger partial charge is 0.243 e. The predicted octanol–water partition coefficient (Wildman–Crippen LogP) is 6.91. The quantitative estimate of drug-likeness (QED) is 0.261. The normalized spacial score (nSPS) is 14.6. The molecule has 0 spiro atoms. The van der Waals surface area contributed by atoms with E-state index in [1.54, 1.807) is 17.0 Å². The van der Waals surface area contributed by atoms with Crippen LogP contribution in [0.4, 0.5) is 4.39 Å². The van der Waals surface area contributed by atoms with Crippen LogP contribution < -0.4 is 5.32 Å². The predicted molar refractivity (Wildman–Crippen MR) is 156 cm³/mol. The maximum absolute atomic E-state index is 13.8. The van der Waals surface area contributed by atoms with Crippen molar-refractivity contribution < 1.29 is 14.0 Å². The van der Waals surface area contributed by atoms with E-state index in [4.69, 9.17) is 0 Å². The monoisotopic (exact) mass is 596 g/mol. The maximum Gasteiger partial charge on any atom is 0.243 e. The Labute approximate surface area is 237 Å². The van der Waals surface area contributed by atoms with Gasteiger partial charge in [-0.1, -0.05) is 89.8 Å². The number of nitrogens with zero attached hydrogens (tertiary/aromatic N) is 1. The van der Waals surface area contributed by atoms with E-state index >= 15 is 0 Å². The number of rotatable bonds is 11. The molecule has 3 aromatic rings. The summed E-state index contributed by atoms with van der Waals surface area (Å²) >= 11 is 4.99. The summed E-state index contributed by atoms with van der Waals surface area (Å²) in [6, 6.07) is 23.5. The molecule has 38 heavy (non-hydrogen) atoms. The number of carbonyl (C=O) groups is 2. The van der Waals surface area contributed by atoms with Crippen molar-refractivity contribution in [1.82, 2.24) is 10.2 Å². The Morgan fingerprint density at radius 3 is 2.24 bits per heavy atom. The molecule has 0 unspecified atom stereocenters. The van der Waals surface area contributed by atoms with Gasteiger partial charge >= 0.3 is 0 Å². The number of thioether (sulfide) groups is 1. The lowest BCUT2D eigenvalue weighted by Gasteiger charge is -2.33. The van der Waals surface area contributed by atoms with E-state index in [2.05, 4.69) is 21.2 Å². The molecule has 4 nitrogen and oxygen atoms in total. The van der Waals surface area contributed by atoms with Gasteiger partial charge in [0.25, 0.3) is 0 Å². The number of carbonyl (C=O) groups excluding carboxylic acids is 2. The molecule has 4 rings (SSSR count). The average Bonchev–Trinajstić information content (AvgIpc) is 2.94. The third kappa shape index (κ3) is 8.70. The van der Waals surface area contributed by atoms with Crippen molar-refractivity contribution in [2.24, 2.45) is 0 Å².